The van der Waals surface area contributed by atoms with Crippen LogP contribution in [0.25, 0.3) is 0 Å². The summed E-state index contributed by atoms with van der Waals surface area (Å²) in [5.74, 6) is -0.206. The van der Waals surface area contributed by atoms with Gasteiger partial charge in [0.15, 0.2) is 0 Å². The number of nitrogens with one attached hydrogen (secondary N) is 1. The summed E-state index contributed by atoms with van der Waals surface area (Å²) in [6.45, 7) is 8.31. The van der Waals surface area contributed by atoms with E-state index in [4.69, 9.17) is 4.74 Å². The van der Waals surface area contributed by atoms with E-state index in [0.29, 0.717) is 6.61 Å². The third kappa shape index (κ3) is 7.46. The SMILES string of the molecule is CNC(C)(CCC=C(C)C)CCOC(C)=O. The monoisotopic (exact) mass is 227 g/mol. The molecule has 16 heavy (non-hydrogen) atoms. The van der Waals surface area contributed by atoms with Crippen LogP contribution in [-0.4, -0.2) is 25.2 Å². The quantitative estimate of drug-likeness (QED) is 0.537. The molecule has 1 atom stereocenters. The lowest BCUT2D eigenvalue weighted by atomic mass is 9.92. The Morgan fingerprint density at radius 1 is 1.31 bits per heavy atom. The Hall–Kier alpha value is -0.830. The van der Waals surface area contributed by atoms with Crippen molar-refractivity contribution < 1.29 is 9.53 Å². The molecule has 0 aliphatic heterocycles. The van der Waals surface area contributed by atoms with E-state index in [0.717, 1.165) is 19.3 Å². The maximum absolute atomic E-state index is 10.7. The van der Waals surface area contributed by atoms with Gasteiger partial charge in [0, 0.05) is 12.5 Å². The van der Waals surface area contributed by atoms with Crippen LogP contribution in [0.3, 0.4) is 0 Å². The van der Waals surface area contributed by atoms with Crippen LogP contribution in [0.1, 0.15) is 47.0 Å². The molecule has 0 saturated carbocycles. The Balaban J connectivity index is 4.00. The van der Waals surface area contributed by atoms with Gasteiger partial charge in [0.25, 0.3) is 0 Å². The van der Waals surface area contributed by atoms with Gasteiger partial charge in [-0.1, -0.05) is 11.6 Å². The molecule has 0 aromatic heterocycles. The number of allylic oxidation sites excluding steroid dienone is 2. The van der Waals surface area contributed by atoms with Crippen molar-refractivity contribution in [2.45, 2.75) is 52.5 Å². The summed E-state index contributed by atoms with van der Waals surface area (Å²) in [4.78, 5) is 10.7. The van der Waals surface area contributed by atoms with Gasteiger partial charge in [-0.15, -0.1) is 0 Å². The molecule has 3 nitrogen and oxygen atoms in total. The van der Waals surface area contributed by atoms with Crippen molar-refractivity contribution in [2.24, 2.45) is 0 Å². The maximum Gasteiger partial charge on any atom is 0.302 e. The molecule has 1 N–H and O–H groups in total. The van der Waals surface area contributed by atoms with Crippen molar-refractivity contribution in [3.8, 4) is 0 Å². The fourth-order valence-electron chi connectivity index (χ4n) is 1.47. The first-order chi connectivity index (χ1) is 7.39. The summed E-state index contributed by atoms with van der Waals surface area (Å²) in [5.41, 5.74) is 1.39. The van der Waals surface area contributed by atoms with E-state index in [9.17, 15) is 4.79 Å². The molecule has 3 heteroatoms. The van der Waals surface area contributed by atoms with Gasteiger partial charge in [0.1, 0.15) is 0 Å². The molecule has 0 aliphatic rings. The first-order valence-electron chi connectivity index (χ1n) is 5.85. The maximum atomic E-state index is 10.7. The van der Waals surface area contributed by atoms with Crippen LogP contribution >= 0.6 is 0 Å². The summed E-state index contributed by atoms with van der Waals surface area (Å²) in [6.07, 6.45) is 5.19. The Bertz CT molecular complexity index is 244. The molecule has 0 aromatic rings. The standard InChI is InChI=1S/C13H25NO2/c1-11(2)7-6-8-13(4,14-5)9-10-16-12(3)15/h7,14H,6,8-10H2,1-5H3. The summed E-state index contributed by atoms with van der Waals surface area (Å²) in [7, 11) is 1.95. The molecular weight excluding hydrogens is 202 g/mol. The van der Waals surface area contributed by atoms with E-state index in [1.165, 1.54) is 12.5 Å². The molecule has 0 aliphatic carbocycles. The lowest BCUT2D eigenvalue weighted by Gasteiger charge is -2.28. The van der Waals surface area contributed by atoms with Crippen LogP contribution in [0.15, 0.2) is 11.6 Å². The van der Waals surface area contributed by atoms with Crippen molar-refractivity contribution in [1.29, 1.82) is 0 Å². The minimum absolute atomic E-state index is 0.0431. The zero-order chi connectivity index (χ0) is 12.6. The Morgan fingerprint density at radius 2 is 1.94 bits per heavy atom. The van der Waals surface area contributed by atoms with Crippen molar-refractivity contribution in [3.05, 3.63) is 11.6 Å². The van der Waals surface area contributed by atoms with E-state index < -0.39 is 0 Å². The van der Waals surface area contributed by atoms with Gasteiger partial charge in [-0.25, -0.2) is 0 Å². The van der Waals surface area contributed by atoms with E-state index in [1.807, 2.05) is 7.05 Å². The summed E-state index contributed by atoms with van der Waals surface area (Å²) in [5, 5.41) is 3.31. The normalized spacial score (nSPS) is 14.1. The van der Waals surface area contributed by atoms with Crippen LogP contribution < -0.4 is 5.32 Å². The number of carbonyl (C=O) groups excluding carboxylic acids is 1. The lowest BCUT2D eigenvalue weighted by molar-refractivity contribution is -0.141. The van der Waals surface area contributed by atoms with Gasteiger partial charge in [0.05, 0.1) is 6.61 Å². The average molecular weight is 227 g/mol. The third-order valence-electron chi connectivity index (χ3n) is 2.81. The van der Waals surface area contributed by atoms with Gasteiger partial charge in [-0.2, -0.15) is 0 Å². The summed E-state index contributed by atoms with van der Waals surface area (Å²) >= 11 is 0. The van der Waals surface area contributed by atoms with Crippen LogP contribution in [0.2, 0.25) is 0 Å². The lowest BCUT2D eigenvalue weighted by Crippen LogP contribution is -2.40. The highest BCUT2D eigenvalue weighted by Gasteiger charge is 2.20. The van der Waals surface area contributed by atoms with Gasteiger partial charge in [-0.3, -0.25) is 4.79 Å². The van der Waals surface area contributed by atoms with Crippen LogP contribution in [-0.2, 0) is 9.53 Å². The smallest absolute Gasteiger partial charge is 0.302 e. The summed E-state index contributed by atoms with van der Waals surface area (Å²) in [6, 6.07) is 0. The molecule has 0 amide bonds. The Labute approximate surface area is 99.3 Å². The minimum atomic E-state index is -0.206. The van der Waals surface area contributed by atoms with E-state index in [-0.39, 0.29) is 11.5 Å². The molecular formula is C13H25NO2. The van der Waals surface area contributed by atoms with E-state index >= 15 is 0 Å². The molecule has 94 valence electrons. The number of hydrogen-bond donors (Lipinski definition) is 1. The second-order valence-corrected chi connectivity index (χ2v) is 4.72. The highest BCUT2D eigenvalue weighted by Crippen LogP contribution is 2.17. The predicted molar refractivity (Wildman–Crippen MR) is 67.4 cm³/mol. The average Bonchev–Trinajstić information content (AvgIpc) is 2.16. The number of rotatable bonds is 7. The van der Waals surface area contributed by atoms with Crippen LogP contribution in [0.4, 0.5) is 0 Å². The number of hydrogen-bond acceptors (Lipinski definition) is 3. The zero-order valence-electron chi connectivity index (χ0n) is 11.2. The molecule has 0 spiro atoms. The Kier molecular flexibility index (Phi) is 7.06. The van der Waals surface area contributed by atoms with Crippen molar-refractivity contribution in [1.82, 2.24) is 5.32 Å². The van der Waals surface area contributed by atoms with Crippen molar-refractivity contribution >= 4 is 5.97 Å². The summed E-state index contributed by atoms with van der Waals surface area (Å²) < 4.78 is 4.97. The number of esters is 1. The first-order valence-corrected chi connectivity index (χ1v) is 5.85. The van der Waals surface area contributed by atoms with Crippen molar-refractivity contribution in [3.63, 3.8) is 0 Å². The fourth-order valence-corrected chi connectivity index (χ4v) is 1.47. The molecule has 0 rings (SSSR count). The van der Waals surface area contributed by atoms with Crippen molar-refractivity contribution in [2.75, 3.05) is 13.7 Å². The molecule has 0 saturated heterocycles. The topological polar surface area (TPSA) is 38.3 Å². The van der Waals surface area contributed by atoms with Gasteiger partial charge in [-0.05, 0) is 47.1 Å². The third-order valence-corrected chi connectivity index (χ3v) is 2.81. The van der Waals surface area contributed by atoms with Gasteiger partial charge in [0.2, 0.25) is 0 Å². The molecule has 0 radical (unpaired) electrons. The molecule has 0 bridgehead atoms. The molecule has 0 fully saturated rings. The second kappa shape index (κ2) is 7.44. The molecule has 0 aromatic carbocycles. The van der Waals surface area contributed by atoms with Gasteiger partial charge < -0.3 is 10.1 Å². The van der Waals surface area contributed by atoms with Crippen LogP contribution in [0.5, 0.6) is 0 Å². The zero-order valence-corrected chi connectivity index (χ0v) is 11.2. The molecule has 1 unspecified atom stereocenters. The van der Waals surface area contributed by atoms with E-state index in [2.05, 4.69) is 32.2 Å². The first kappa shape index (κ1) is 15.2. The predicted octanol–water partition coefficient (Wildman–Crippen LogP) is 2.66. The van der Waals surface area contributed by atoms with Gasteiger partial charge >= 0.3 is 5.97 Å². The number of carbonyl (C=O) groups is 1. The molecule has 0 heterocycles. The largest absolute Gasteiger partial charge is 0.466 e. The highest BCUT2D eigenvalue weighted by molar-refractivity contribution is 5.65. The second-order valence-electron chi connectivity index (χ2n) is 4.72. The Morgan fingerprint density at radius 3 is 2.38 bits per heavy atom. The van der Waals surface area contributed by atoms with E-state index in [1.54, 1.807) is 0 Å². The highest BCUT2D eigenvalue weighted by atomic mass is 16.5. The fraction of sp³-hybridized carbons (Fsp3) is 0.769. The minimum Gasteiger partial charge on any atom is -0.466 e. The van der Waals surface area contributed by atoms with Crippen LogP contribution in [0, 0.1) is 0 Å². The number of ether oxygens (including phenoxy) is 1.